The van der Waals surface area contributed by atoms with Gasteiger partial charge in [0, 0.05) is 23.0 Å². The highest BCUT2D eigenvalue weighted by Gasteiger charge is 2.34. The number of nitrogens with zero attached hydrogens (tertiary/aromatic N) is 3. The Labute approximate surface area is 185 Å². The van der Waals surface area contributed by atoms with Crippen molar-refractivity contribution in [2.45, 2.75) is 13.1 Å². The van der Waals surface area contributed by atoms with Crippen LogP contribution in [0.1, 0.15) is 21.7 Å². The Kier molecular flexibility index (Phi) is 5.63. The quantitative estimate of drug-likeness (QED) is 0.382. The van der Waals surface area contributed by atoms with Crippen LogP contribution in [0, 0.1) is 12.7 Å². The average molecular weight is 453 g/mol. The van der Waals surface area contributed by atoms with Crippen molar-refractivity contribution >= 4 is 5.97 Å². The minimum atomic E-state index is -4.68. The first-order valence-electron chi connectivity index (χ1n) is 9.64. The summed E-state index contributed by atoms with van der Waals surface area (Å²) in [6.45, 7) is 1.76. The Morgan fingerprint density at radius 2 is 1.52 bits per heavy atom. The highest BCUT2D eigenvalue weighted by Crippen LogP contribution is 2.33. The van der Waals surface area contributed by atoms with Crippen LogP contribution in [0.2, 0.25) is 0 Å². The fraction of sp³-hybridized carbons (Fsp3) is 0.0833. The van der Waals surface area contributed by atoms with Gasteiger partial charge < -0.3 is 5.11 Å². The molecule has 9 heteroatoms. The van der Waals surface area contributed by atoms with Gasteiger partial charge in [0.1, 0.15) is 11.5 Å². The number of aromatic carboxylic acids is 1. The van der Waals surface area contributed by atoms with Crippen molar-refractivity contribution in [1.82, 2.24) is 15.0 Å². The van der Waals surface area contributed by atoms with Crippen molar-refractivity contribution in [2.24, 2.45) is 0 Å². The van der Waals surface area contributed by atoms with Gasteiger partial charge >= 0.3 is 12.1 Å². The number of aryl methyl sites for hydroxylation is 1. The zero-order valence-electron chi connectivity index (χ0n) is 17.1. The van der Waals surface area contributed by atoms with E-state index in [2.05, 4.69) is 15.0 Å². The first-order valence-corrected chi connectivity index (χ1v) is 9.64. The van der Waals surface area contributed by atoms with Gasteiger partial charge in [-0.3, -0.25) is 4.98 Å². The lowest BCUT2D eigenvalue weighted by Crippen LogP contribution is -2.10. The molecule has 4 aromatic rings. The molecule has 4 rings (SSSR count). The number of hydrogen-bond acceptors (Lipinski definition) is 4. The van der Waals surface area contributed by atoms with Crippen LogP contribution in [0.5, 0.6) is 0 Å². The number of alkyl halides is 3. The van der Waals surface area contributed by atoms with Crippen LogP contribution in [0.25, 0.3) is 33.8 Å². The molecular weight excluding hydrogens is 438 g/mol. The Morgan fingerprint density at radius 1 is 0.848 bits per heavy atom. The zero-order valence-corrected chi connectivity index (χ0v) is 17.1. The van der Waals surface area contributed by atoms with Crippen LogP contribution in [0.15, 0.2) is 66.9 Å². The molecule has 0 fully saturated rings. The number of carboxylic acid groups (broad SMARTS) is 1. The Hall–Kier alpha value is -4.14. The van der Waals surface area contributed by atoms with E-state index in [1.807, 2.05) is 0 Å². The first kappa shape index (κ1) is 22.1. The fourth-order valence-electron chi connectivity index (χ4n) is 3.18. The normalized spacial score (nSPS) is 11.4. The van der Waals surface area contributed by atoms with Crippen molar-refractivity contribution in [1.29, 1.82) is 0 Å². The molecule has 0 saturated carbocycles. The van der Waals surface area contributed by atoms with Gasteiger partial charge in [0.15, 0.2) is 5.82 Å². The summed E-state index contributed by atoms with van der Waals surface area (Å²) in [6, 6.07) is 13.6. The van der Waals surface area contributed by atoms with Gasteiger partial charge in [0.2, 0.25) is 0 Å². The number of rotatable bonds is 4. The maximum absolute atomic E-state index is 13.8. The van der Waals surface area contributed by atoms with Gasteiger partial charge in [-0.2, -0.15) is 13.2 Å². The van der Waals surface area contributed by atoms with Crippen molar-refractivity contribution in [3.8, 4) is 33.8 Å². The lowest BCUT2D eigenvalue weighted by molar-refractivity contribution is -0.141. The van der Waals surface area contributed by atoms with E-state index in [9.17, 15) is 22.4 Å². The minimum Gasteiger partial charge on any atom is -0.478 e. The molecule has 1 N–H and O–H groups in total. The van der Waals surface area contributed by atoms with Crippen molar-refractivity contribution in [3.05, 3.63) is 89.6 Å². The maximum Gasteiger partial charge on any atom is 0.433 e. The summed E-state index contributed by atoms with van der Waals surface area (Å²) in [5.41, 5.74) is 0.984. The SMILES string of the molecule is Cc1ccc(-c2cc(C(F)(F)F)nc(-c3ccc(-c4cc(F)cc(C(=O)O)c4)cc3)n2)cn1. The van der Waals surface area contributed by atoms with Crippen molar-refractivity contribution < 1.29 is 27.5 Å². The van der Waals surface area contributed by atoms with Gasteiger partial charge in [-0.15, -0.1) is 0 Å². The maximum atomic E-state index is 13.8. The molecule has 5 nitrogen and oxygen atoms in total. The zero-order chi connectivity index (χ0) is 23.8. The first-order chi connectivity index (χ1) is 15.6. The summed E-state index contributed by atoms with van der Waals surface area (Å²) in [5.74, 6) is -2.13. The standard InChI is InChI=1S/C24H15F4N3O2/c1-13-2-3-16(12-29-13)20-11-21(24(26,27)28)31-22(30-20)15-6-4-14(5-7-15)17-8-18(23(32)33)10-19(25)9-17/h2-12H,1H3,(H,32,33). The number of pyridine rings is 1. The molecule has 0 aliphatic carbocycles. The number of hydrogen-bond donors (Lipinski definition) is 1. The Balaban J connectivity index is 1.77. The van der Waals surface area contributed by atoms with E-state index in [0.29, 0.717) is 27.9 Å². The summed E-state index contributed by atoms with van der Waals surface area (Å²) in [5, 5.41) is 9.12. The molecule has 0 atom stereocenters. The highest BCUT2D eigenvalue weighted by atomic mass is 19.4. The van der Waals surface area contributed by atoms with Gasteiger partial charge in [-0.05, 0) is 54.4 Å². The number of aromatic nitrogens is 3. The summed E-state index contributed by atoms with van der Waals surface area (Å²) in [7, 11) is 0. The molecule has 0 aliphatic rings. The molecule has 166 valence electrons. The molecule has 2 aromatic heterocycles. The van der Waals surface area contributed by atoms with E-state index in [-0.39, 0.29) is 17.1 Å². The van der Waals surface area contributed by atoms with E-state index in [0.717, 1.165) is 12.1 Å². The molecule has 0 aliphatic heterocycles. The van der Waals surface area contributed by atoms with Gasteiger partial charge in [-0.25, -0.2) is 19.2 Å². The molecule has 0 amide bonds. The molecular formula is C24H15F4N3O2. The van der Waals surface area contributed by atoms with Crippen LogP contribution in [-0.2, 0) is 6.18 Å². The largest absolute Gasteiger partial charge is 0.478 e. The number of benzene rings is 2. The number of carbonyl (C=O) groups is 1. The van der Waals surface area contributed by atoms with Gasteiger partial charge in [-0.1, -0.05) is 24.3 Å². The number of halogens is 4. The molecule has 0 unspecified atom stereocenters. The third-order valence-electron chi connectivity index (χ3n) is 4.84. The number of carboxylic acids is 1. The summed E-state index contributed by atoms with van der Waals surface area (Å²) < 4.78 is 54.3. The van der Waals surface area contributed by atoms with E-state index in [1.54, 1.807) is 19.1 Å². The van der Waals surface area contributed by atoms with Crippen molar-refractivity contribution in [2.75, 3.05) is 0 Å². The predicted molar refractivity (Wildman–Crippen MR) is 113 cm³/mol. The monoisotopic (exact) mass is 453 g/mol. The Morgan fingerprint density at radius 3 is 2.12 bits per heavy atom. The van der Waals surface area contributed by atoms with Gasteiger partial charge in [0.25, 0.3) is 0 Å². The molecule has 2 heterocycles. The molecule has 0 saturated heterocycles. The molecule has 0 bridgehead atoms. The Bertz CT molecular complexity index is 1340. The van der Waals surface area contributed by atoms with Gasteiger partial charge in [0.05, 0.1) is 11.3 Å². The van der Waals surface area contributed by atoms with Crippen LogP contribution < -0.4 is 0 Å². The second-order valence-electron chi connectivity index (χ2n) is 7.26. The average Bonchev–Trinajstić information content (AvgIpc) is 2.78. The summed E-state index contributed by atoms with van der Waals surface area (Å²) in [4.78, 5) is 23.2. The molecule has 2 aromatic carbocycles. The lowest BCUT2D eigenvalue weighted by atomic mass is 10.0. The van der Waals surface area contributed by atoms with Crippen LogP contribution in [0.4, 0.5) is 17.6 Å². The topological polar surface area (TPSA) is 76.0 Å². The fourth-order valence-corrected chi connectivity index (χ4v) is 3.18. The predicted octanol–water partition coefficient (Wildman–Crippen LogP) is 6.04. The van der Waals surface area contributed by atoms with Crippen LogP contribution in [-0.4, -0.2) is 26.0 Å². The van der Waals surface area contributed by atoms with E-state index in [4.69, 9.17) is 5.11 Å². The third-order valence-corrected chi connectivity index (χ3v) is 4.84. The minimum absolute atomic E-state index is 0.0696. The second kappa shape index (κ2) is 8.42. The highest BCUT2D eigenvalue weighted by molar-refractivity contribution is 5.89. The lowest BCUT2D eigenvalue weighted by Gasteiger charge is -2.11. The van der Waals surface area contributed by atoms with E-state index < -0.39 is 23.7 Å². The van der Waals surface area contributed by atoms with Crippen LogP contribution in [0.3, 0.4) is 0 Å². The van der Waals surface area contributed by atoms with Crippen molar-refractivity contribution in [3.63, 3.8) is 0 Å². The van der Waals surface area contributed by atoms with Crippen LogP contribution >= 0.6 is 0 Å². The smallest absolute Gasteiger partial charge is 0.433 e. The summed E-state index contributed by atoms with van der Waals surface area (Å²) >= 11 is 0. The van der Waals surface area contributed by atoms with E-state index >= 15 is 0 Å². The second-order valence-corrected chi connectivity index (χ2v) is 7.26. The van der Waals surface area contributed by atoms with E-state index in [1.165, 1.54) is 42.6 Å². The summed E-state index contributed by atoms with van der Waals surface area (Å²) in [6.07, 6.45) is -3.24. The third kappa shape index (κ3) is 4.87. The molecule has 0 spiro atoms. The molecule has 0 radical (unpaired) electrons. The molecule has 33 heavy (non-hydrogen) atoms.